The first-order valence-electron chi connectivity index (χ1n) is 5.86. The van der Waals surface area contributed by atoms with Crippen molar-refractivity contribution in [2.45, 2.75) is 24.7 Å². The molecular weight excluding hydrogens is 304 g/mol. The number of halogens is 1. The van der Waals surface area contributed by atoms with Gasteiger partial charge in [-0.05, 0) is 18.6 Å². The van der Waals surface area contributed by atoms with Crippen molar-refractivity contribution in [2.24, 2.45) is 5.73 Å². The molecule has 0 unspecified atom stereocenters. The Morgan fingerprint density at radius 3 is 2.58 bits per heavy atom. The Balaban J connectivity index is 3.12. The van der Waals surface area contributed by atoms with Crippen LogP contribution in [0.5, 0.6) is 0 Å². The highest BCUT2D eigenvalue weighted by Gasteiger charge is 2.23. The summed E-state index contributed by atoms with van der Waals surface area (Å²) in [5.41, 5.74) is 6.03. The summed E-state index contributed by atoms with van der Waals surface area (Å²) in [5.74, 6) is 0. The van der Waals surface area contributed by atoms with Crippen LogP contribution >= 0.6 is 23.8 Å². The van der Waals surface area contributed by atoms with Crippen molar-refractivity contribution in [1.82, 2.24) is 4.31 Å². The predicted octanol–water partition coefficient (Wildman–Crippen LogP) is 2.39. The normalized spacial score (nSPS) is 11.8. The van der Waals surface area contributed by atoms with Gasteiger partial charge in [-0.3, -0.25) is 0 Å². The molecule has 1 aromatic carbocycles. The minimum atomic E-state index is -3.57. The van der Waals surface area contributed by atoms with E-state index in [4.69, 9.17) is 29.6 Å². The molecule has 19 heavy (non-hydrogen) atoms. The van der Waals surface area contributed by atoms with Crippen LogP contribution in [0.15, 0.2) is 23.1 Å². The first kappa shape index (κ1) is 16.4. The van der Waals surface area contributed by atoms with Crippen molar-refractivity contribution in [2.75, 3.05) is 13.6 Å². The number of hydrogen-bond donors (Lipinski definition) is 1. The van der Waals surface area contributed by atoms with Gasteiger partial charge in [0.1, 0.15) is 9.88 Å². The molecule has 2 N–H and O–H groups in total. The zero-order valence-corrected chi connectivity index (χ0v) is 13.3. The Hall–Kier alpha value is -0.690. The Kier molecular flexibility index (Phi) is 5.73. The summed E-state index contributed by atoms with van der Waals surface area (Å²) < 4.78 is 25.9. The standard InChI is InChI=1S/C12H17ClN2O2S2/c1-3-4-7-15(2)19(16,17)11-6-5-9(12(14)18)8-10(11)13/h5-6,8H,3-4,7H2,1-2H3,(H2,14,18). The first-order chi connectivity index (χ1) is 8.80. The molecule has 0 saturated carbocycles. The molecule has 0 spiro atoms. The molecule has 1 rings (SSSR count). The van der Waals surface area contributed by atoms with Gasteiger partial charge in [0.15, 0.2) is 0 Å². The van der Waals surface area contributed by atoms with Crippen LogP contribution in [0, 0.1) is 0 Å². The number of benzene rings is 1. The van der Waals surface area contributed by atoms with Gasteiger partial charge in [-0.1, -0.05) is 43.2 Å². The molecule has 4 nitrogen and oxygen atoms in total. The Bertz CT molecular complexity index is 573. The molecule has 0 aliphatic carbocycles. The lowest BCUT2D eigenvalue weighted by Crippen LogP contribution is -2.28. The molecule has 0 heterocycles. The lowest BCUT2D eigenvalue weighted by atomic mass is 10.2. The number of rotatable bonds is 6. The maximum atomic E-state index is 12.3. The lowest BCUT2D eigenvalue weighted by molar-refractivity contribution is 0.459. The van der Waals surface area contributed by atoms with Crippen LogP contribution < -0.4 is 5.73 Å². The van der Waals surface area contributed by atoms with Crippen molar-refractivity contribution < 1.29 is 8.42 Å². The second kappa shape index (κ2) is 6.65. The van der Waals surface area contributed by atoms with Gasteiger partial charge in [-0.15, -0.1) is 0 Å². The summed E-state index contributed by atoms with van der Waals surface area (Å²) in [6, 6.07) is 4.48. The molecule has 0 fully saturated rings. The molecule has 0 aromatic heterocycles. The van der Waals surface area contributed by atoms with E-state index in [2.05, 4.69) is 0 Å². The second-order valence-electron chi connectivity index (χ2n) is 4.19. The molecule has 0 radical (unpaired) electrons. The maximum Gasteiger partial charge on any atom is 0.244 e. The van der Waals surface area contributed by atoms with Crippen molar-refractivity contribution in [3.8, 4) is 0 Å². The molecule has 0 atom stereocenters. The number of hydrogen-bond acceptors (Lipinski definition) is 3. The van der Waals surface area contributed by atoms with Gasteiger partial charge in [0.2, 0.25) is 10.0 Å². The molecule has 0 aliphatic rings. The third-order valence-electron chi connectivity index (χ3n) is 2.73. The van der Waals surface area contributed by atoms with E-state index < -0.39 is 10.0 Å². The van der Waals surface area contributed by atoms with Gasteiger partial charge in [0, 0.05) is 19.2 Å². The van der Waals surface area contributed by atoms with Gasteiger partial charge >= 0.3 is 0 Å². The third-order valence-corrected chi connectivity index (χ3v) is 5.31. The fraction of sp³-hybridized carbons (Fsp3) is 0.417. The van der Waals surface area contributed by atoms with Gasteiger partial charge in [-0.2, -0.15) is 0 Å². The zero-order valence-electron chi connectivity index (χ0n) is 10.9. The average Bonchev–Trinajstić information content (AvgIpc) is 2.35. The molecule has 7 heteroatoms. The van der Waals surface area contributed by atoms with Gasteiger partial charge in [-0.25, -0.2) is 12.7 Å². The van der Waals surface area contributed by atoms with Crippen molar-refractivity contribution in [3.05, 3.63) is 28.8 Å². The minimum Gasteiger partial charge on any atom is -0.389 e. The Labute approximate surface area is 124 Å². The number of unbranched alkanes of at least 4 members (excludes halogenated alkanes) is 1. The van der Waals surface area contributed by atoms with E-state index in [1.54, 1.807) is 13.1 Å². The molecule has 0 aliphatic heterocycles. The van der Waals surface area contributed by atoms with E-state index in [1.807, 2.05) is 6.92 Å². The van der Waals surface area contributed by atoms with E-state index in [-0.39, 0.29) is 14.9 Å². The highest BCUT2D eigenvalue weighted by molar-refractivity contribution is 7.89. The minimum absolute atomic E-state index is 0.0766. The van der Waals surface area contributed by atoms with Crippen LogP contribution in [-0.4, -0.2) is 31.3 Å². The molecule has 0 saturated heterocycles. The molecule has 0 amide bonds. The number of thiocarbonyl (C=S) groups is 1. The Morgan fingerprint density at radius 2 is 2.11 bits per heavy atom. The number of nitrogens with zero attached hydrogens (tertiary/aromatic N) is 1. The SMILES string of the molecule is CCCCN(C)S(=O)(=O)c1ccc(C(N)=S)cc1Cl. The smallest absolute Gasteiger partial charge is 0.244 e. The molecular formula is C12H17ClN2O2S2. The number of sulfonamides is 1. The molecule has 1 aromatic rings. The predicted molar refractivity (Wildman–Crippen MR) is 82.1 cm³/mol. The maximum absolute atomic E-state index is 12.3. The summed E-state index contributed by atoms with van der Waals surface area (Å²) in [4.78, 5) is 0.262. The van der Waals surface area contributed by atoms with Crippen LogP contribution in [0.25, 0.3) is 0 Å². The Morgan fingerprint density at radius 1 is 1.47 bits per heavy atom. The van der Waals surface area contributed by atoms with E-state index in [0.29, 0.717) is 12.1 Å². The fourth-order valence-corrected chi connectivity index (χ4v) is 3.38. The highest BCUT2D eigenvalue weighted by atomic mass is 35.5. The van der Waals surface area contributed by atoms with Crippen LogP contribution in [0.1, 0.15) is 25.3 Å². The average molecular weight is 321 g/mol. The monoisotopic (exact) mass is 320 g/mol. The van der Waals surface area contributed by atoms with Gasteiger partial charge < -0.3 is 5.73 Å². The van der Waals surface area contributed by atoms with Gasteiger partial charge in [0.05, 0.1) is 5.02 Å². The van der Waals surface area contributed by atoms with Crippen LogP contribution in [0.3, 0.4) is 0 Å². The van der Waals surface area contributed by atoms with Crippen LogP contribution in [0.2, 0.25) is 5.02 Å². The van der Waals surface area contributed by atoms with Crippen LogP contribution in [-0.2, 0) is 10.0 Å². The fourth-order valence-electron chi connectivity index (χ4n) is 1.53. The summed E-state index contributed by atoms with van der Waals surface area (Å²) in [6.07, 6.45) is 1.73. The van der Waals surface area contributed by atoms with E-state index >= 15 is 0 Å². The van der Waals surface area contributed by atoms with Gasteiger partial charge in [0.25, 0.3) is 0 Å². The summed E-state index contributed by atoms with van der Waals surface area (Å²) in [7, 11) is -2.02. The lowest BCUT2D eigenvalue weighted by Gasteiger charge is -2.17. The zero-order chi connectivity index (χ0) is 14.6. The summed E-state index contributed by atoms with van der Waals surface area (Å²) in [5, 5.41) is 0.133. The van der Waals surface area contributed by atoms with Crippen molar-refractivity contribution in [3.63, 3.8) is 0 Å². The van der Waals surface area contributed by atoms with E-state index in [9.17, 15) is 8.42 Å². The van der Waals surface area contributed by atoms with Crippen LogP contribution in [0.4, 0.5) is 0 Å². The topological polar surface area (TPSA) is 63.4 Å². The largest absolute Gasteiger partial charge is 0.389 e. The van der Waals surface area contributed by atoms with Crippen molar-refractivity contribution in [1.29, 1.82) is 0 Å². The molecule has 106 valence electrons. The summed E-state index contributed by atoms with van der Waals surface area (Å²) in [6.45, 7) is 2.47. The van der Waals surface area contributed by atoms with Crippen molar-refractivity contribution >= 4 is 38.8 Å². The second-order valence-corrected chi connectivity index (χ2v) is 7.05. The summed E-state index contributed by atoms with van der Waals surface area (Å²) >= 11 is 10.8. The highest BCUT2D eigenvalue weighted by Crippen LogP contribution is 2.25. The third kappa shape index (κ3) is 3.89. The van der Waals surface area contributed by atoms with E-state index in [1.165, 1.54) is 16.4 Å². The first-order valence-corrected chi connectivity index (χ1v) is 8.09. The molecule has 0 bridgehead atoms. The number of nitrogens with two attached hydrogens (primary N) is 1. The quantitative estimate of drug-likeness (QED) is 0.817. The van der Waals surface area contributed by atoms with E-state index in [0.717, 1.165) is 12.8 Å².